The molecule has 1 heterocycles. The van der Waals surface area contributed by atoms with Gasteiger partial charge in [0.25, 0.3) is 5.91 Å². The zero-order valence-corrected chi connectivity index (χ0v) is 17.4. The standard InChI is InChI=1S/C21H26N6O2S/c22-15(26-27-24)9-11-21(12-4-2-1-3-5-12)10-8-14-16(20(29)25-13-6-7-13)19(23)30-17(14)18(21)28/h1-5,13,27H,6-11,23-24H2,(H2,22,26)(H,25,29). The number of amidine groups is 1. The molecule has 0 aliphatic heterocycles. The number of thiophene rings is 1. The SMILES string of the molecule is NN/N=C(\N)CCC1(c2ccccc2)CCc2c(sc(N)c2C(=O)NC2CC2)C1=O. The molecule has 1 amide bonds. The third kappa shape index (κ3) is 3.66. The van der Waals surface area contributed by atoms with E-state index in [1.54, 1.807) is 0 Å². The van der Waals surface area contributed by atoms with Gasteiger partial charge in [-0.05, 0) is 43.2 Å². The lowest BCUT2D eigenvalue weighted by molar-refractivity contribution is 0.0856. The number of fused-ring (bicyclic) bond motifs is 1. The van der Waals surface area contributed by atoms with Gasteiger partial charge < -0.3 is 16.8 Å². The summed E-state index contributed by atoms with van der Waals surface area (Å²) in [6, 6.07) is 9.94. The van der Waals surface area contributed by atoms with Crippen molar-refractivity contribution >= 4 is 33.9 Å². The second kappa shape index (κ2) is 8.08. The normalized spacial score (nSPS) is 21.2. The largest absolute Gasteiger partial charge is 0.390 e. The number of nitrogen functional groups attached to an aromatic ring is 1. The van der Waals surface area contributed by atoms with Crippen LogP contribution >= 0.6 is 11.3 Å². The summed E-state index contributed by atoms with van der Waals surface area (Å²) in [6.07, 6.45) is 4.07. The first-order chi connectivity index (χ1) is 14.5. The van der Waals surface area contributed by atoms with Crippen molar-refractivity contribution in [3.63, 3.8) is 0 Å². The molecule has 1 aromatic carbocycles. The Hall–Kier alpha value is -2.91. The van der Waals surface area contributed by atoms with Gasteiger partial charge in [-0.2, -0.15) is 5.10 Å². The fourth-order valence-corrected chi connectivity index (χ4v) is 5.36. The number of nitrogens with zero attached hydrogens (tertiary/aromatic N) is 1. The Morgan fingerprint density at radius 2 is 2.00 bits per heavy atom. The summed E-state index contributed by atoms with van der Waals surface area (Å²) in [4.78, 5) is 27.1. The number of benzene rings is 1. The molecule has 0 saturated heterocycles. The van der Waals surface area contributed by atoms with Gasteiger partial charge in [-0.15, -0.1) is 11.3 Å². The van der Waals surface area contributed by atoms with Gasteiger partial charge in [0, 0.05) is 12.5 Å². The molecule has 1 fully saturated rings. The van der Waals surface area contributed by atoms with E-state index in [0.717, 1.165) is 24.0 Å². The summed E-state index contributed by atoms with van der Waals surface area (Å²) in [5.74, 6) is 5.38. The zero-order valence-electron chi connectivity index (χ0n) is 16.6. The molecule has 9 heteroatoms. The molecule has 0 radical (unpaired) electrons. The van der Waals surface area contributed by atoms with E-state index >= 15 is 0 Å². The predicted octanol–water partition coefficient (Wildman–Crippen LogP) is 1.81. The van der Waals surface area contributed by atoms with E-state index in [1.807, 2.05) is 30.3 Å². The third-order valence-corrected chi connectivity index (χ3v) is 7.02. The first-order valence-electron chi connectivity index (χ1n) is 10.1. The van der Waals surface area contributed by atoms with Crippen molar-refractivity contribution in [1.82, 2.24) is 10.9 Å². The molecule has 30 heavy (non-hydrogen) atoms. The number of hydrogen-bond donors (Lipinski definition) is 5. The molecule has 8 nitrogen and oxygen atoms in total. The highest BCUT2D eigenvalue weighted by molar-refractivity contribution is 7.18. The van der Waals surface area contributed by atoms with Crippen molar-refractivity contribution in [2.24, 2.45) is 16.7 Å². The molecule has 4 rings (SSSR count). The van der Waals surface area contributed by atoms with Crippen LogP contribution in [-0.2, 0) is 11.8 Å². The van der Waals surface area contributed by atoms with E-state index in [-0.39, 0.29) is 17.7 Å². The molecule has 158 valence electrons. The summed E-state index contributed by atoms with van der Waals surface area (Å²) in [6.45, 7) is 0. The summed E-state index contributed by atoms with van der Waals surface area (Å²) >= 11 is 1.22. The number of rotatable bonds is 7. The Balaban J connectivity index is 1.71. The number of carbonyl (C=O) groups excluding carboxylic acids is 2. The molecule has 2 aliphatic rings. The maximum absolute atomic E-state index is 13.8. The minimum Gasteiger partial charge on any atom is -0.390 e. The monoisotopic (exact) mass is 426 g/mol. The van der Waals surface area contributed by atoms with Crippen molar-refractivity contribution in [3.05, 3.63) is 51.9 Å². The van der Waals surface area contributed by atoms with Crippen LogP contribution in [0.5, 0.6) is 0 Å². The van der Waals surface area contributed by atoms with Crippen molar-refractivity contribution in [3.8, 4) is 0 Å². The van der Waals surface area contributed by atoms with Gasteiger partial charge in [-0.3, -0.25) is 9.59 Å². The Morgan fingerprint density at radius 3 is 2.67 bits per heavy atom. The van der Waals surface area contributed by atoms with E-state index in [2.05, 4.69) is 16.0 Å². The molecular formula is C21H26N6O2S. The van der Waals surface area contributed by atoms with E-state index in [1.165, 1.54) is 11.3 Å². The maximum atomic E-state index is 13.8. The fraction of sp³-hybridized carbons (Fsp3) is 0.381. The van der Waals surface area contributed by atoms with Gasteiger partial charge in [0.2, 0.25) is 0 Å². The third-order valence-electron chi connectivity index (χ3n) is 5.96. The number of nitrogens with one attached hydrogen (secondary N) is 2. The van der Waals surface area contributed by atoms with Crippen LogP contribution in [0.2, 0.25) is 0 Å². The number of ketones is 1. The molecule has 2 aliphatic carbocycles. The summed E-state index contributed by atoms with van der Waals surface area (Å²) in [5.41, 5.74) is 15.8. The van der Waals surface area contributed by atoms with Crippen molar-refractivity contribution < 1.29 is 9.59 Å². The van der Waals surface area contributed by atoms with Crippen molar-refractivity contribution in [2.75, 3.05) is 5.73 Å². The zero-order chi connectivity index (χ0) is 21.3. The van der Waals surface area contributed by atoms with Crippen LogP contribution in [-0.4, -0.2) is 23.6 Å². The number of hydrazone groups is 1. The van der Waals surface area contributed by atoms with Gasteiger partial charge in [0.1, 0.15) is 5.84 Å². The molecule has 1 unspecified atom stereocenters. The maximum Gasteiger partial charge on any atom is 0.254 e. The average molecular weight is 427 g/mol. The van der Waals surface area contributed by atoms with Gasteiger partial charge in [-0.25, -0.2) is 11.4 Å². The van der Waals surface area contributed by atoms with Crippen molar-refractivity contribution in [2.45, 2.75) is 50.0 Å². The summed E-state index contributed by atoms with van der Waals surface area (Å²) in [5, 5.41) is 7.22. The van der Waals surface area contributed by atoms with E-state index in [9.17, 15) is 9.59 Å². The number of hydrazine groups is 1. The number of carbonyl (C=O) groups is 2. The summed E-state index contributed by atoms with van der Waals surface area (Å²) in [7, 11) is 0. The number of hydrogen-bond acceptors (Lipinski definition) is 7. The lowest BCUT2D eigenvalue weighted by Gasteiger charge is -2.36. The lowest BCUT2D eigenvalue weighted by Crippen LogP contribution is -2.41. The predicted molar refractivity (Wildman–Crippen MR) is 118 cm³/mol. The highest BCUT2D eigenvalue weighted by atomic mass is 32.1. The fourth-order valence-electron chi connectivity index (χ4n) is 4.21. The lowest BCUT2D eigenvalue weighted by atomic mass is 9.65. The van der Waals surface area contributed by atoms with Gasteiger partial charge in [0.15, 0.2) is 5.78 Å². The second-order valence-electron chi connectivity index (χ2n) is 7.91. The highest BCUT2D eigenvalue weighted by Gasteiger charge is 2.46. The van der Waals surface area contributed by atoms with Crippen LogP contribution < -0.4 is 28.2 Å². The minimum absolute atomic E-state index is 0.00868. The molecule has 1 saturated carbocycles. The summed E-state index contributed by atoms with van der Waals surface area (Å²) < 4.78 is 0. The second-order valence-corrected chi connectivity index (χ2v) is 8.96. The molecule has 1 atom stereocenters. The van der Waals surface area contributed by atoms with Crippen LogP contribution in [0, 0.1) is 0 Å². The van der Waals surface area contributed by atoms with Crippen LogP contribution in [0.25, 0.3) is 0 Å². The van der Waals surface area contributed by atoms with E-state index in [4.69, 9.17) is 17.3 Å². The molecule has 8 N–H and O–H groups in total. The van der Waals surface area contributed by atoms with Gasteiger partial charge >= 0.3 is 0 Å². The number of Topliss-reactive ketones (excluding diaryl/α,β-unsaturated/α-hetero) is 1. The van der Waals surface area contributed by atoms with E-state index < -0.39 is 5.41 Å². The Bertz CT molecular complexity index is 998. The number of anilines is 1. The average Bonchev–Trinajstić information content (AvgIpc) is 3.48. The highest BCUT2D eigenvalue weighted by Crippen LogP contribution is 2.47. The Labute approximate surface area is 178 Å². The quantitative estimate of drug-likeness (QED) is 0.197. The minimum atomic E-state index is -0.746. The van der Waals surface area contributed by atoms with Crippen LogP contribution in [0.1, 0.15) is 63.3 Å². The first kappa shape index (κ1) is 20.4. The number of nitrogens with two attached hydrogens (primary N) is 3. The molecule has 1 aromatic heterocycles. The molecule has 2 aromatic rings. The first-order valence-corrected chi connectivity index (χ1v) is 10.9. The smallest absolute Gasteiger partial charge is 0.254 e. The van der Waals surface area contributed by atoms with Gasteiger partial charge in [-0.1, -0.05) is 30.3 Å². The van der Waals surface area contributed by atoms with Crippen molar-refractivity contribution in [1.29, 1.82) is 0 Å². The Morgan fingerprint density at radius 1 is 1.27 bits per heavy atom. The van der Waals surface area contributed by atoms with Crippen LogP contribution in [0.15, 0.2) is 35.4 Å². The Kier molecular flexibility index (Phi) is 5.48. The molecular weight excluding hydrogens is 400 g/mol. The molecule has 0 spiro atoms. The van der Waals surface area contributed by atoms with Crippen LogP contribution in [0.4, 0.5) is 5.00 Å². The number of amides is 1. The van der Waals surface area contributed by atoms with Gasteiger partial charge in [0.05, 0.1) is 20.9 Å². The molecule has 0 bridgehead atoms. The topological polar surface area (TPSA) is 149 Å². The van der Waals surface area contributed by atoms with E-state index in [0.29, 0.717) is 47.0 Å². The van der Waals surface area contributed by atoms with Crippen LogP contribution in [0.3, 0.4) is 0 Å².